The molecule has 26 heavy (non-hydrogen) atoms. The van der Waals surface area contributed by atoms with Crippen molar-refractivity contribution < 1.29 is 4.79 Å². The lowest BCUT2D eigenvalue weighted by Gasteiger charge is -2.32. The van der Waals surface area contributed by atoms with Crippen LogP contribution in [-0.2, 0) is 11.3 Å². The topological polar surface area (TPSA) is 32.3 Å². The van der Waals surface area contributed by atoms with Gasteiger partial charge in [0.1, 0.15) is 0 Å². The first-order chi connectivity index (χ1) is 12.5. The minimum absolute atomic E-state index is 0.0367. The third-order valence-electron chi connectivity index (χ3n) is 5.03. The normalized spacial score (nSPS) is 17.0. The maximum absolute atomic E-state index is 12.6. The Bertz CT molecular complexity index is 743. The van der Waals surface area contributed by atoms with Crippen LogP contribution in [0.5, 0.6) is 0 Å². The molecule has 0 bridgehead atoms. The molecule has 1 aliphatic heterocycles. The Kier molecular flexibility index (Phi) is 6.58. The van der Waals surface area contributed by atoms with Crippen LogP contribution < -0.4 is 5.32 Å². The van der Waals surface area contributed by atoms with Crippen LogP contribution in [0.2, 0.25) is 10.0 Å². The van der Waals surface area contributed by atoms with E-state index in [1.54, 1.807) is 6.07 Å². The van der Waals surface area contributed by atoms with Crippen molar-refractivity contribution >= 4 is 29.1 Å². The number of hydrogen-bond acceptors (Lipinski definition) is 2. The van der Waals surface area contributed by atoms with Gasteiger partial charge in [0.25, 0.3) is 0 Å². The van der Waals surface area contributed by atoms with E-state index in [0.717, 1.165) is 43.6 Å². The summed E-state index contributed by atoms with van der Waals surface area (Å²) in [5.41, 5.74) is 2.22. The Morgan fingerprint density at radius 1 is 1.15 bits per heavy atom. The molecule has 0 aromatic heterocycles. The van der Waals surface area contributed by atoms with Gasteiger partial charge in [0, 0.05) is 22.5 Å². The number of hydrogen-bond donors (Lipinski definition) is 1. The van der Waals surface area contributed by atoms with Gasteiger partial charge >= 0.3 is 0 Å². The standard InChI is InChI=1S/C21H24Cl2N2O/c1-15(16-5-3-2-4-6-16)24-21(26)17-9-11-25(12-10-17)14-18-7-8-19(22)13-20(18)23/h2-8,13,15,17H,9-12,14H2,1H3,(H,24,26)/t15-/m1/s1. The summed E-state index contributed by atoms with van der Waals surface area (Å²) in [6, 6.07) is 15.7. The molecule has 0 unspecified atom stereocenters. The minimum Gasteiger partial charge on any atom is -0.349 e. The van der Waals surface area contributed by atoms with Crippen molar-refractivity contribution in [3.05, 3.63) is 69.7 Å². The molecule has 1 amide bonds. The van der Waals surface area contributed by atoms with Gasteiger partial charge in [0.05, 0.1) is 6.04 Å². The van der Waals surface area contributed by atoms with Gasteiger partial charge in [-0.25, -0.2) is 0 Å². The van der Waals surface area contributed by atoms with Crippen molar-refractivity contribution in [1.82, 2.24) is 10.2 Å². The smallest absolute Gasteiger partial charge is 0.223 e. The lowest BCUT2D eigenvalue weighted by Crippen LogP contribution is -2.40. The van der Waals surface area contributed by atoms with Gasteiger partial charge in [0.2, 0.25) is 5.91 Å². The second kappa shape index (κ2) is 8.90. The Morgan fingerprint density at radius 3 is 2.50 bits per heavy atom. The van der Waals surface area contributed by atoms with E-state index in [2.05, 4.69) is 10.2 Å². The maximum atomic E-state index is 12.6. The zero-order chi connectivity index (χ0) is 18.5. The second-order valence-corrected chi connectivity index (χ2v) is 7.77. The lowest BCUT2D eigenvalue weighted by molar-refractivity contribution is -0.127. The SMILES string of the molecule is C[C@@H](NC(=O)C1CCN(Cc2ccc(Cl)cc2Cl)CC1)c1ccccc1. The summed E-state index contributed by atoms with van der Waals surface area (Å²) in [7, 11) is 0. The fraction of sp³-hybridized carbons (Fsp3) is 0.381. The summed E-state index contributed by atoms with van der Waals surface area (Å²) in [4.78, 5) is 14.9. The summed E-state index contributed by atoms with van der Waals surface area (Å²) in [6.07, 6.45) is 1.75. The van der Waals surface area contributed by atoms with E-state index >= 15 is 0 Å². The highest BCUT2D eigenvalue weighted by atomic mass is 35.5. The van der Waals surface area contributed by atoms with E-state index < -0.39 is 0 Å². The molecule has 1 fully saturated rings. The van der Waals surface area contributed by atoms with E-state index in [1.165, 1.54) is 0 Å². The molecule has 0 spiro atoms. The third kappa shape index (κ3) is 5.00. The molecule has 1 heterocycles. The molecule has 0 radical (unpaired) electrons. The molecule has 1 aliphatic rings. The summed E-state index contributed by atoms with van der Waals surface area (Å²) in [5, 5.41) is 4.51. The molecular formula is C21H24Cl2N2O. The first-order valence-corrected chi connectivity index (χ1v) is 9.80. The van der Waals surface area contributed by atoms with Crippen LogP contribution in [0.15, 0.2) is 48.5 Å². The van der Waals surface area contributed by atoms with Crippen LogP contribution >= 0.6 is 23.2 Å². The highest BCUT2D eigenvalue weighted by Crippen LogP contribution is 2.25. The highest BCUT2D eigenvalue weighted by molar-refractivity contribution is 6.35. The monoisotopic (exact) mass is 390 g/mol. The molecule has 3 nitrogen and oxygen atoms in total. The van der Waals surface area contributed by atoms with Gasteiger partial charge in [-0.1, -0.05) is 59.6 Å². The molecular weight excluding hydrogens is 367 g/mol. The Morgan fingerprint density at radius 2 is 1.85 bits per heavy atom. The number of benzene rings is 2. The van der Waals surface area contributed by atoms with Gasteiger partial charge in [-0.15, -0.1) is 0 Å². The largest absolute Gasteiger partial charge is 0.349 e. The van der Waals surface area contributed by atoms with E-state index in [4.69, 9.17) is 23.2 Å². The number of piperidine rings is 1. The number of carbonyl (C=O) groups is 1. The van der Waals surface area contributed by atoms with Crippen LogP contribution in [0, 0.1) is 5.92 Å². The molecule has 138 valence electrons. The number of nitrogens with one attached hydrogen (secondary N) is 1. The molecule has 1 saturated heterocycles. The average molecular weight is 391 g/mol. The minimum atomic E-state index is 0.0367. The highest BCUT2D eigenvalue weighted by Gasteiger charge is 2.26. The predicted octanol–water partition coefficient (Wildman–Crippen LogP) is 5.08. The van der Waals surface area contributed by atoms with Crippen LogP contribution in [-0.4, -0.2) is 23.9 Å². The molecule has 1 atom stereocenters. The van der Waals surface area contributed by atoms with Crippen molar-refractivity contribution in [1.29, 1.82) is 0 Å². The van der Waals surface area contributed by atoms with Crippen molar-refractivity contribution in [2.24, 2.45) is 5.92 Å². The zero-order valence-electron chi connectivity index (χ0n) is 14.9. The molecule has 2 aromatic rings. The van der Waals surface area contributed by atoms with Crippen LogP contribution in [0.4, 0.5) is 0 Å². The Labute approximate surface area is 165 Å². The number of likely N-dealkylation sites (tertiary alicyclic amines) is 1. The molecule has 5 heteroatoms. The van der Waals surface area contributed by atoms with E-state index in [0.29, 0.717) is 10.0 Å². The zero-order valence-corrected chi connectivity index (χ0v) is 16.4. The van der Waals surface area contributed by atoms with Crippen molar-refractivity contribution in [2.75, 3.05) is 13.1 Å². The molecule has 2 aromatic carbocycles. The summed E-state index contributed by atoms with van der Waals surface area (Å²) in [6.45, 7) is 4.63. The van der Waals surface area contributed by atoms with Gasteiger partial charge in [0.15, 0.2) is 0 Å². The van der Waals surface area contributed by atoms with Gasteiger partial charge in [-0.2, -0.15) is 0 Å². The maximum Gasteiger partial charge on any atom is 0.223 e. The number of halogens is 2. The number of carbonyl (C=O) groups excluding carboxylic acids is 1. The van der Waals surface area contributed by atoms with Crippen LogP contribution in [0.3, 0.4) is 0 Å². The van der Waals surface area contributed by atoms with E-state index in [1.807, 2.05) is 49.4 Å². The molecule has 3 rings (SSSR count). The fourth-order valence-corrected chi connectivity index (χ4v) is 3.87. The molecule has 0 saturated carbocycles. The van der Waals surface area contributed by atoms with Gasteiger partial charge < -0.3 is 5.32 Å². The Balaban J connectivity index is 1.49. The van der Waals surface area contributed by atoms with E-state index in [9.17, 15) is 4.79 Å². The fourth-order valence-electron chi connectivity index (χ4n) is 3.40. The second-order valence-electron chi connectivity index (χ2n) is 6.93. The van der Waals surface area contributed by atoms with Crippen LogP contribution in [0.25, 0.3) is 0 Å². The van der Waals surface area contributed by atoms with E-state index in [-0.39, 0.29) is 17.9 Å². The first-order valence-electron chi connectivity index (χ1n) is 9.04. The number of rotatable bonds is 5. The third-order valence-corrected chi connectivity index (χ3v) is 5.61. The van der Waals surface area contributed by atoms with Gasteiger partial charge in [-0.05, 0) is 56.1 Å². The molecule has 1 N–H and O–H groups in total. The summed E-state index contributed by atoms with van der Waals surface area (Å²) in [5.74, 6) is 0.239. The summed E-state index contributed by atoms with van der Waals surface area (Å²) < 4.78 is 0. The summed E-state index contributed by atoms with van der Waals surface area (Å²) >= 11 is 12.2. The van der Waals surface area contributed by atoms with Gasteiger partial charge in [-0.3, -0.25) is 9.69 Å². The predicted molar refractivity (Wildman–Crippen MR) is 107 cm³/mol. The number of nitrogens with zero attached hydrogens (tertiary/aromatic N) is 1. The quantitative estimate of drug-likeness (QED) is 0.771. The first kappa shape index (κ1) is 19.2. The van der Waals surface area contributed by atoms with Crippen molar-refractivity contribution in [2.45, 2.75) is 32.4 Å². The van der Waals surface area contributed by atoms with Crippen molar-refractivity contribution in [3.8, 4) is 0 Å². The van der Waals surface area contributed by atoms with Crippen molar-refractivity contribution in [3.63, 3.8) is 0 Å². The molecule has 0 aliphatic carbocycles. The van der Waals surface area contributed by atoms with Crippen LogP contribution in [0.1, 0.15) is 36.9 Å². The average Bonchev–Trinajstić information content (AvgIpc) is 2.65. The lowest BCUT2D eigenvalue weighted by atomic mass is 9.95. The Hall–Kier alpha value is -1.55. The number of amides is 1.